The van der Waals surface area contributed by atoms with E-state index in [9.17, 15) is 24.5 Å². The van der Waals surface area contributed by atoms with Crippen LogP contribution in [0, 0.1) is 16.0 Å². The zero-order valence-corrected chi connectivity index (χ0v) is 11.9. The van der Waals surface area contributed by atoms with Crippen LogP contribution in [0.4, 0.5) is 5.69 Å². The van der Waals surface area contributed by atoms with Crippen LogP contribution in [-0.4, -0.2) is 40.6 Å². The molecule has 0 saturated carbocycles. The largest absolute Gasteiger partial charge is 0.460 e. The molecule has 1 aliphatic heterocycles. The van der Waals surface area contributed by atoms with Gasteiger partial charge in [-0.25, -0.2) is 0 Å². The highest BCUT2D eigenvalue weighted by atomic mass is 16.6. The number of Topliss-reactive ketones (excluding diaryl/α,β-unsaturated/α-hetero) is 1. The molecule has 1 aliphatic rings. The Morgan fingerprint density at radius 3 is 2.50 bits per heavy atom. The second-order valence-corrected chi connectivity index (χ2v) is 5.00. The molecule has 1 unspecified atom stereocenters. The minimum Gasteiger partial charge on any atom is -0.460 e. The molecule has 0 aromatic heterocycles. The summed E-state index contributed by atoms with van der Waals surface area (Å²) < 4.78 is 5.01. The van der Waals surface area contributed by atoms with Crippen LogP contribution < -0.4 is 0 Å². The van der Waals surface area contributed by atoms with Crippen LogP contribution in [-0.2, 0) is 25.7 Å². The number of amides is 1. The fourth-order valence-corrected chi connectivity index (χ4v) is 2.05. The van der Waals surface area contributed by atoms with E-state index in [0.29, 0.717) is 5.56 Å². The normalized spacial score (nSPS) is 16.9. The molecular formula is C14H14N2O6. The number of nitro benzene ring substituents is 1. The first-order valence-electron chi connectivity index (χ1n) is 6.56. The maximum Gasteiger partial charge on any atom is 0.320 e. The van der Waals surface area contributed by atoms with E-state index in [2.05, 4.69) is 0 Å². The number of β-lactam (4-membered cyclic amide) rings is 1. The average molecular weight is 306 g/mol. The van der Waals surface area contributed by atoms with E-state index in [1.165, 1.54) is 36.1 Å². The number of hydrogen-bond acceptors (Lipinski definition) is 6. The molecule has 0 radical (unpaired) electrons. The SMILES string of the molecule is CC(=O)CN1CC(C(=O)OCc2ccc([N+](=O)[O-])cc2)C1=O. The number of benzene rings is 1. The molecule has 0 N–H and O–H groups in total. The maximum atomic E-state index is 11.8. The molecule has 1 amide bonds. The van der Waals surface area contributed by atoms with Crippen molar-refractivity contribution in [3.8, 4) is 0 Å². The molecule has 2 rings (SSSR count). The summed E-state index contributed by atoms with van der Waals surface area (Å²) in [5.74, 6) is -2.07. The van der Waals surface area contributed by atoms with Gasteiger partial charge in [0, 0.05) is 18.7 Å². The molecule has 0 aliphatic carbocycles. The highest BCUT2D eigenvalue weighted by molar-refractivity contribution is 6.03. The van der Waals surface area contributed by atoms with Gasteiger partial charge in [0.25, 0.3) is 5.69 Å². The molecule has 1 fully saturated rings. The number of carbonyl (C=O) groups excluding carboxylic acids is 3. The predicted molar refractivity (Wildman–Crippen MR) is 73.6 cm³/mol. The average Bonchev–Trinajstić information content (AvgIpc) is 2.48. The molecule has 116 valence electrons. The van der Waals surface area contributed by atoms with E-state index in [4.69, 9.17) is 4.74 Å². The highest BCUT2D eigenvalue weighted by Crippen LogP contribution is 2.20. The molecule has 1 saturated heterocycles. The minimum atomic E-state index is -0.864. The highest BCUT2D eigenvalue weighted by Gasteiger charge is 2.43. The lowest BCUT2D eigenvalue weighted by atomic mass is 9.99. The molecule has 1 atom stereocenters. The second-order valence-electron chi connectivity index (χ2n) is 5.00. The molecule has 8 heteroatoms. The van der Waals surface area contributed by atoms with Gasteiger partial charge in [-0.05, 0) is 24.6 Å². The van der Waals surface area contributed by atoms with Gasteiger partial charge < -0.3 is 9.64 Å². The Bertz CT molecular complexity index is 625. The summed E-state index contributed by atoms with van der Waals surface area (Å²) in [5.41, 5.74) is 0.537. The van der Waals surface area contributed by atoms with Gasteiger partial charge in [0.1, 0.15) is 12.4 Å². The number of ketones is 1. The second kappa shape index (κ2) is 6.33. The Labute approximate surface area is 125 Å². The number of esters is 1. The number of ether oxygens (including phenoxy) is 1. The van der Waals surface area contributed by atoms with Crippen LogP contribution >= 0.6 is 0 Å². The van der Waals surface area contributed by atoms with Crippen LogP contribution in [0.15, 0.2) is 24.3 Å². The van der Waals surface area contributed by atoms with Crippen molar-refractivity contribution >= 4 is 23.3 Å². The van der Waals surface area contributed by atoms with Crippen molar-refractivity contribution in [3.05, 3.63) is 39.9 Å². The van der Waals surface area contributed by atoms with Crippen molar-refractivity contribution in [2.24, 2.45) is 5.92 Å². The van der Waals surface area contributed by atoms with Gasteiger partial charge in [-0.2, -0.15) is 0 Å². The third kappa shape index (κ3) is 3.46. The Hall–Kier alpha value is -2.77. The van der Waals surface area contributed by atoms with E-state index >= 15 is 0 Å². The number of rotatable bonds is 6. The number of nitrogens with zero attached hydrogens (tertiary/aromatic N) is 2. The zero-order valence-electron chi connectivity index (χ0n) is 11.9. The standard InChI is InChI=1S/C14H14N2O6/c1-9(17)6-15-7-12(13(15)18)14(19)22-8-10-2-4-11(5-3-10)16(20)21/h2-5,12H,6-8H2,1H3. The van der Waals surface area contributed by atoms with Gasteiger partial charge in [-0.1, -0.05) is 0 Å². The zero-order chi connectivity index (χ0) is 16.3. The van der Waals surface area contributed by atoms with Crippen LogP contribution in [0.1, 0.15) is 12.5 Å². The van der Waals surface area contributed by atoms with Gasteiger partial charge in [0.2, 0.25) is 5.91 Å². The number of carbonyl (C=O) groups is 3. The monoisotopic (exact) mass is 306 g/mol. The number of non-ortho nitro benzene ring substituents is 1. The smallest absolute Gasteiger partial charge is 0.320 e. The van der Waals surface area contributed by atoms with Gasteiger partial charge in [0.15, 0.2) is 5.92 Å². The van der Waals surface area contributed by atoms with Crippen molar-refractivity contribution in [1.82, 2.24) is 4.90 Å². The van der Waals surface area contributed by atoms with Crippen LogP contribution in [0.2, 0.25) is 0 Å². The number of nitro groups is 1. The fourth-order valence-electron chi connectivity index (χ4n) is 2.05. The Balaban J connectivity index is 1.82. The summed E-state index contributed by atoms with van der Waals surface area (Å²) in [6.45, 7) is 1.49. The van der Waals surface area contributed by atoms with Crippen molar-refractivity contribution in [2.45, 2.75) is 13.5 Å². The maximum absolute atomic E-state index is 11.8. The van der Waals surface area contributed by atoms with E-state index in [-0.39, 0.29) is 31.2 Å². The summed E-state index contributed by atoms with van der Waals surface area (Å²) >= 11 is 0. The summed E-state index contributed by atoms with van der Waals surface area (Å²) in [5, 5.41) is 10.5. The summed E-state index contributed by atoms with van der Waals surface area (Å²) in [7, 11) is 0. The molecule has 1 aromatic carbocycles. The van der Waals surface area contributed by atoms with Gasteiger partial charge >= 0.3 is 5.97 Å². The first-order valence-corrected chi connectivity index (χ1v) is 6.56. The molecule has 22 heavy (non-hydrogen) atoms. The van der Waals surface area contributed by atoms with Crippen LogP contribution in [0.25, 0.3) is 0 Å². The lowest BCUT2D eigenvalue weighted by Gasteiger charge is -2.36. The summed E-state index contributed by atoms with van der Waals surface area (Å²) in [6.07, 6.45) is 0. The third-order valence-corrected chi connectivity index (χ3v) is 3.24. The van der Waals surface area contributed by atoms with E-state index in [0.717, 1.165) is 0 Å². The molecule has 0 spiro atoms. The van der Waals surface area contributed by atoms with E-state index in [1.54, 1.807) is 0 Å². The molecule has 8 nitrogen and oxygen atoms in total. The van der Waals surface area contributed by atoms with Crippen molar-refractivity contribution in [2.75, 3.05) is 13.1 Å². The molecule has 1 aromatic rings. The lowest BCUT2D eigenvalue weighted by molar-refractivity contribution is -0.384. The van der Waals surface area contributed by atoms with Crippen molar-refractivity contribution in [3.63, 3.8) is 0 Å². The van der Waals surface area contributed by atoms with E-state index in [1.807, 2.05) is 0 Å². The third-order valence-electron chi connectivity index (χ3n) is 3.24. The van der Waals surface area contributed by atoms with Gasteiger partial charge in [-0.15, -0.1) is 0 Å². The summed E-state index contributed by atoms with van der Waals surface area (Å²) in [4.78, 5) is 45.6. The Kier molecular flexibility index (Phi) is 4.50. The quantitative estimate of drug-likeness (QED) is 0.251. The molecule has 1 heterocycles. The number of hydrogen-bond donors (Lipinski definition) is 0. The molecular weight excluding hydrogens is 292 g/mol. The van der Waals surface area contributed by atoms with Crippen LogP contribution in [0.5, 0.6) is 0 Å². The first-order chi connectivity index (χ1) is 10.4. The molecule has 0 bridgehead atoms. The summed E-state index contributed by atoms with van der Waals surface area (Å²) in [6, 6.07) is 5.59. The Morgan fingerprint density at radius 1 is 1.36 bits per heavy atom. The topological polar surface area (TPSA) is 107 Å². The lowest BCUT2D eigenvalue weighted by Crippen LogP contribution is -2.57. The first kappa shape index (κ1) is 15.6. The fraction of sp³-hybridized carbons (Fsp3) is 0.357. The van der Waals surface area contributed by atoms with Gasteiger partial charge in [0.05, 0.1) is 11.5 Å². The minimum absolute atomic E-state index is 0.00493. The van der Waals surface area contributed by atoms with Crippen molar-refractivity contribution in [1.29, 1.82) is 0 Å². The van der Waals surface area contributed by atoms with Gasteiger partial charge in [-0.3, -0.25) is 24.5 Å². The Morgan fingerprint density at radius 2 is 2.00 bits per heavy atom. The van der Waals surface area contributed by atoms with Crippen molar-refractivity contribution < 1.29 is 24.0 Å². The predicted octanol–water partition coefficient (Wildman–Crippen LogP) is 0.685. The van der Waals surface area contributed by atoms with E-state index < -0.39 is 22.7 Å². The number of likely N-dealkylation sites (tertiary alicyclic amines) is 1. The van der Waals surface area contributed by atoms with Crippen LogP contribution in [0.3, 0.4) is 0 Å².